The summed E-state index contributed by atoms with van der Waals surface area (Å²) in [6.07, 6.45) is 1.77. The van der Waals surface area contributed by atoms with Gasteiger partial charge in [-0.3, -0.25) is 0 Å². The lowest BCUT2D eigenvalue weighted by Crippen LogP contribution is -2.54. The summed E-state index contributed by atoms with van der Waals surface area (Å²) in [5.74, 6) is -0.279. The van der Waals surface area contributed by atoms with Gasteiger partial charge in [-0.1, -0.05) is 66.7 Å². The molecule has 0 spiro atoms. The van der Waals surface area contributed by atoms with E-state index in [9.17, 15) is 14.0 Å². The number of carbonyl (C=O) groups is 2. The van der Waals surface area contributed by atoms with Gasteiger partial charge in [0, 0.05) is 19.6 Å². The van der Waals surface area contributed by atoms with E-state index < -0.39 is 6.09 Å². The summed E-state index contributed by atoms with van der Waals surface area (Å²) >= 11 is 0. The largest absolute Gasteiger partial charge is 0.445 e. The van der Waals surface area contributed by atoms with Crippen LogP contribution in [0.25, 0.3) is 11.1 Å². The van der Waals surface area contributed by atoms with E-state index in [0.717, 1.165) is 41.8 Å². The number of amides is 3. The normalized spacial score (nSPS) is 19.0. The zero-order valence-electron chi connectivity index (χ0n) is 20.1. The zero-order valence-corrected chi connectivity index (χ0v) is 20.1. The molecule has 2 fully saturated rings. The molecular formula is C29H30FN3O3. The quantitative estimate of drug-likeness (QED) is 0.518. The van der Waals surface area contributed by atoms with Crippen molar-refractivity contribution in [3.8, 4) is 11.1 Å². The maximum absolute atomic E-state index is 13.8. The Bertz CT molecular complexity index is 1220. The molecule has 7 heteroatoms. The second kappa shape index (κ2) is 10.8. The Morgan fingerprint density at radius 3 is 2.33 bits per heavy atom. The molecule has 6 nitrogen and oxygen atoms in total. The molecule has 36 heavy (non-hydrogen) atoms. The maximum Gasteiger partial charge on any atom is 0.407 e. The molecule has 0 bridgehead atoms. The molecule has 0 aromatic heterocycles. The van der Waals surface area contributed by atoms with E-state index in [2.05, 4.69) is 5.32 Å². The molecule has 2 heterocycles. The molecular weight excluding hydrogens is 457 g/mol. The summed E-state index contributed by atoms with van der Waals surface area (Å²) in [7, 11) is 0. The number of benzene rings is 3. The van der Waals surface area contributed by atoms with Crippen LogP contribution in [-0.4, -0.2) is 53.6 Å². The van der Waals surface area contributed by atoms with Crippen molar-refractivity contribution in [3.05, 3.63) is 95.8 Å². The summed E-state index contributed by atoms with van der Waals surface area (Å²) in [4.78, 5) is 29.5. The monoisotopic (exact) mass is 487 g/mol. The van der Waals surface area contributed by atoms with E-state index >= 15 is 0 Å². The van der Waals surface area contributed by atoms with Crippen molar-refractivity contribution in [2.75, 3.05) is 19.6 Å². The second-order valence-electron chi connectivity index (χ2n) is 9.40. The number of rotatable bonds is 6. The van der Waals surface area contributed by atoms with Crippen LogP contribution in [0.4, 0.5) is 14.0 Å². The van der Waals surface area contributed by atoms with Gasteiger partial charge in [0.2, 0.25) is 0 Å². The van der Waals surface area contributed by atoms with Crippen LogP contribution < -0.4 is 5.32 Å². The highest BCUT2D eigenvalue weighted by atomic mass is 19.1. The molecule has 0 radical (unpaired) electrons. The number of ether oxygens (including phenoxy) is 1. The SMILES string of the molecule is O=C(N[C@H]1CCN(C(=O)N2CCC2)[C@H]1Cc1cccc(-c2cccc(F)c2)c1)OCc1ccccc1. The van der Waals surface area contributed by atoms with E-state index in [1.807, 2.05) is 70.5 Å². The highest BCUT2D eigenvalue weighted by Gasteiger charge is 2.40. The van der Waals surface area contributed by atoms with Gasteiger partial charge in [-0.15, -0.1) is 0 Å². The summed E-state index contributed by atoms with van der Waals surface area (Å²) in [6.45, 7) is 2.31. The van der Waals surface area contributed by atoms with Crippen LogP contribution >= 0.6 is 0 Å². The summed E-state index contributed by atoms with van der Waals surface area (Å²) in [5, 5.41) is 3.01. The van der Waals surface area contributed by atoms with Gasteiger partial charge in [0.15, 0.2) is 0 Å². The first-order chi connectivity index (χ1) is 17.6. The van der Waals surface area contributed by atoms with Crippen LogP contribution in [0.2, 0.25) is 0 Å². The molecule has 2 aliphatic rings. The van der Waals surface area contributed by atoms with Gasteiger partial charge in [0.25, 0.3) is 0 Å². The molecule has 5 rings (SSSR count). The Morgan fingerprint density at radius 1 is 0.889 bits per heavy atom. The van der Waals surface area contributed by atoms with Gasteiger partial charge in [-0.25, -0.2) is 14.0 Å². The van der Waals surface area contributed by atoms with Crippen LogP contribution in [0.3, 0.4) is 0 Å². The fourth-order valence-electron chi connectivity index (χ4n) is 4.90. The van der Waals surface area contributed by atoms with E-state index in [-0.39, 0.29) is 30.5 Å². The average molecular weight is 488 g/mol. The second-order valence-corrected chi connectivity index (χ2v) is 9.40. The number of nitrogens with zero attached hydrogens (tertiary/aromatic N) is 2. The lowest BCUT2D eigenvalue weighted by atomic mass is 9.96. The van der Waals surface area contributed by atoms with E-state index in [1.165, 1.54) is 12.1 Å². The van der Waals surface area contributed by atoms with E-state index in [4.69, 9.17) is 4.74 Å². The number of hydrogen-bond donors (Lipinski definition) is 1. The molecule has 1 N–H and O–H groups in total. The Morgan fingerprint density at radius 2 is 1.61 bits per heavy atom. The topological polar surface area (TPSA) is 61.9 Å². The standard InChI is InChI=1S/C29H30FN3O3/c30-25-12-5-11-24(19-25)23-10-4-9-22(17-23)18-27-26(13-16-33(27)29(35)32-14-6-15-32)31-28(34)36-20-21-7-2-1-3-8-21/h1-5,7-12,17,19,26-27H,6,13-16,18,20H2,(H,31,34)/t26-,27-/m0/s1. The smallest absolute Gasteiger partial charge is 0.407 e. The first-order valence-corrected chi connectivity index (χ1v) is 12.4. The first kappa shape index (κ1) is 23.9. The van der Waals surface area contributed by atoms with Crippen molar-refractivity contribution in [3.63, 3.8) is 0 Å². The number of likely N-dealkylation sites (tertiary alicyclic amines) is 2. The van der Waals surface area contributed by atoms with Gasteiger partial charge in [0.05, 0.1) is 12.1 Å². The molecule has 0 unspecified atom stereocenters. The number of urea groups is 1. The third-order valence-corrected chi connectivity index (χ3v) is 6.96. The third kappa shape index (κ3) is 5.51. The van der Waals surface area contributed by atoms with Crippen molar-refractivity contribution in [1.82, 2.24) is 15.1 Å². The van der Waals surface area contributed by atoms with Crippen LogP contribution in [-0.2, 0) is 17.8 Å². The van der Waals surface area contributed by atoms with Gasteiger partial charge < -0.3 is 19.9 Å². The predicted molar refractivity (Wildman–Crippen MR) is 136 cm³/mol. The molecule has 2 aliphatic heterocycles. The molecule has 186 valence electrons. The van der Waals surface area contributed by atoms with Crippen molar-refractivity contribution < 1.29 is 18.7 Å². The third-order valence-electron chi connectivity index (χ3n) is 6.96. The number of hydrogen-bond acceptors (Lipinski definition) is 3. The maximum atomic E-state index is 13.8. The molecule has 0 aliphatic carbocycles. The molecule has 3 amide bonds. The van der Waals surface area contributed by atoms with Crippen LogP contribution in [0, 0.1) is 5.82 Å². The van der Waals surface area contributed by atoms with Gasteiger partial charge in [-0.05, 0) is 53.6 Å². The Kier molecular flexibility index (Phi) is 7.16. The minimum atomic E-state index is -0.486. The van der Waals surface area contributed by atoms with Gasteiger partial charge in [0.1, 0.15) is 12.4 Å². The van der Waals surface area contributed by atoms with E-state index in [1.54, 1.807) is 6.07 Å². The van der Waals surface area contributed by atoms with Crippen LogP contribution in [0.5, 0.6) is 0 Å². The average Bonchev–Trinajstić information content (AvgIpc) is 3.24. The Balaban J connectivity index is 1.31. The molecule has 2 saturated heterocycles. The highest BCUT2D eigenvalue weighted by molar-refractivity contribution is 5.76. The lowest BCUT2D eigenvalue weighted by Gasteiger charge is -2.37. The number of halogens is 1. The van der Waals surface area contributed by atoms with Crippen molar-refractivity contribution in [1.29, 1.82) is 0 Å². The summed E-state index contributed by atoms with van der Waals surface area (Å²) in [5.41, 5.74) is 3.65. The van der Waals surface area contributed by atoms with Crippen molar-refractivity contribution >= 4 is 12.1 Å². The zero-order chi connectivity index (χ0) is 24.9. The van der Waals surface area contributed by atoms with Gasteiger partial charge in [-0.2, -0.15) is 0 Å². The fourth-order valence-corrected chi connectivity index (χ4v) is 4.90. The minimum absolute atomic E-state index is 0.0227. The predicted octanol–water partition coefficient (Wildman–Crippen LogP) is 5.23. The highest BCUT2D eigenvalue weighted by Crippen LogP contribution is 2.27. The number of carbonyl (C=O) groups excluding carboxylic acids is 2. The molecule has 2 atom stereocenters. The minimum Gasteiger partial charge on any atom is -0.445 e. The number of alkyl carbamates (subject to hydrolysis) is 1. The Hall–Kier alpha value is -3.87. The van der Waals surface area contributed by atoms with Crippen molar-refractivity contribution in [2.24, 2.45) is 0 Å². The van der Waals surface area contributed by atoms with Crippen molar-refractivity contribution in [2.45, 2.75) is 38.0 Å². The van der Waals surface area contributed by atoms with Gasteiger partial charge >= 0.3 is 12.1 Å². The molecule has 3 aromatic rings. The first-order valence-electron chi connectivity index (χ1n) is 12.4. The fraction of sp³-hybridized carbons (Fsp3) is 0.310. The number of nitrogens with one attached hydrogen (secondary N) is 1. The van der Waals surface area contributed by atoms with Crippen LogP contribution in [0.1, 0.15) is 24.0 Å². The van der Waals surface area contributed by atoms with E-state index in [0.29, 0.717) is 19.4 Å². The summed E-state index contributed by atoms with van der Waals surface area (Å²) in [6, 6.07) is 23.6. The lowest BCUT2D eigenvalue weighted by molar-refractivity contribution is 0.115. The molecule has 0 saturated carbocycles. The van der Waals surface area contributed by atoms with Crippen LogP contribution in [0.15, 0.2) is 78.9 Å². The summed E-state index contributed by atoms with van der Waals surface area (Å²) < 4.78 is 19.2. The Labute approximate surface area is 210 Å². The molecule has 3 aromatic carbocycles.